The van der Waals surface area contributed by atoms with Gasteiger partial charge >= 0.3 is 0 Å². The quantitative estimate of drug-likeness (QED) is 0.528. The minimum atomic E-state index is -0.366. The molecule has 0 bridgehead atoms. The van der Waals surface area contributed by atoms with E-state index in [4.69, 9.17) is 0 Å². The first-order chi connectivity index (χ1) is 13.2. The number of carbonyl (C=O) groups is 1. The Kier molecular flexibility index (Phi) is 3.64. The fourth-order valence-corrected chi connectivity index (χ4v) is 3.92. The Labute approximate surface area is 156 Å². The topological polar surface area (TPSA) is 89.7 Å². The molecule has 0 N–H and O–H groups in total. The molecule has 0 unspecified atom stereocenters. The van der Waals surface area contributed by atoms with Gasteiger partial charge < -0.3 is 9.47 Å². The largest absolute Gasteiger partial charge is 0.329 e. The van der Waals surface area contributed by atoms with Crippen molar-refractivity contribution < 1.29 is 9.18 Å². The van der Waals surface area contributed by atoms with Gasteiger partial charge in [-0.2, -0.15) is 0 Å². The molecule has 0 saturated carbocycles. The van der Waals surface area contributed by atoms with Gasteiger partial charge in [0.05, 0.1) is 12.7 Å². The number of nitrogens with zero attached hydrogens (tertiary/aromatic N) is 7. The van der Waals surface area contributed by atoms with Crippen LogP contribution in [-0.4, -0.2) is 47.1 Å². The molecule has 1 aromatic carbocycles. The second kappa shape index (κ2) is 6.16. The van der Waals surface area contributed by atoms with Crippen LogP contribution in [0.5, 0.6) is 0 Å². The molecule has 8 nitrogen and oxygen atoms in total. The molecule has 0 fully saturated rings. The second-order valence-corrected chi connectivity index (χ2v) is 7.03. The minimum absolute atomic E-state index is 0.152. The first kappa shape index (κ1) is 15.9. The molecule has 5 rings (SSSR count). The van der Waals surface area contributed by atoms with Gasteiger partial charge in [-0.1, -0.05) is 11.3 Å². The number of fused-ring (bicyclic) bond motifs is 2. The molecule has 1 aliphatic heterocycles. The molecule has 27 heavy (non-hydrogen) atoms. The number of hydrogen-bond donors (Lipinski definition) is 0. The SMILES string of the molecule is O=C(c1ccc(F)cc1)N1CCn2c(nnc2-c2nc3cncnc3s2)C1. The van der Waals surface area contributed by atoms with Crippen molar-refractivity contribution in [2.24, 2.45) is 0 Å². The van der Waals surface area contributed by atoms with Gasteiger partial charge in [-0.3, -0.25) is 4.79 Å². The number of amides is 1. The summed E-state index contributed by atoms with van der Waals surface area (Å²) in [6.45, 7) is 1.42. The van der Waals surface area contributed by atoms with Gasteiger partial charge in [0.2, 0.25) is 0 Å². The lowest BCUT2D eigenvalue weighted by atomic mass is 10.2. The molecule has 0 saturated heterocycles. The van der Waals surface area contributed by atoms with Crippen molar-refractivity contribution in [1.29, 1.82) is 0 Å². The van der Waals surface area contributed by atoms with Crippen LogP contribution in [0.3, 0.4) is 0 Å². The Morgan fingerprint density at radius 2 is 2.00 bits per heavy atom. The van der Waals surface area contributed by atoms with E-state index in [2.05, 4.69) is 25.1 Å². The maximum absolute atomic E-state index is 13.1. The molecule has 0 spiro atoms. The highest BCUT2D eigenvalue weighted by molar-refractivity contribution is 7.21. The van der Waals surface area contributed by atoms with Crippen LogP contribution < -0.4 is 0 Å². The molecule has 1 amide bonds. The van der Waals surface area contributed by atoms with Crippen LogP contribution in [0, 0.1) is 5.82 Å². The van der Waals surface area contributed by atoms with Gasteiger partial charge in [-0.15, -0.1) is 10.2 Å². The van der Waals surface area contributed by atoms with E-state index >= 15 is 0 Å². The minimum Gasteiger partial charge on any atom is -0.329 e. The summed E-state index contributed by atoms with van der Waals surface area (Å²) in [5.41, 5.74) is 1.17. The molecular weight excluding hydrogens is 369 g/mol. The normalized spacial score (nSPS) is 13.7. The van der Waals surface area contributed by atoms with E-state index < -0.39 is 0 Å². The fourth-order valence-electron chi connectivity index (χ4n) is 3.05. The summed E-state index contributed by atoms with van der Waals surface area (Å²) in [5.74, 6) is 0.843. The highest BCUT2D eigenvalue weighted by Gasteiger charge is 2.26. The van der Waals surface area contributed by atoms with Crippen molar-refractivity contribution in [2.75, 3.05) is 6.54 Å². The van der Waals surface area contributed by atoms with Crippen LogP contribution in [0.1, 0.15) is 16.2 Å². The first-order valence-electron chi connectivity index (χ1n) is 8.23. The molecule has 1 aliphatic rings. The van der Waals surface area contributed by atoms with Crippen LogP contribution in [0.25, 0.3) is 21.2 Å². The van der Waals surface area contributed by atoms with Crippen molar-refractivity contribution in [3.8, 4) is 10.8 Å². The van der Waals surface area contributed by atoms with Crippen LogP contribution in [-0.2, 0) is 13.1 Å². The monoisotopic (exact) mass is 381 g/mol. The summed E-state index contributed by atoms with van der Waals surface area (Å²) in [5, 5.41) is 9.22. The van der Waals surface area contributed by atoms with Crippen LogP contribution in [0.15, 0.2) is 36.8 Å². The zero-order valence-electron chi connectivity index (χ0n) is 13.9. The van der Waals surface area contributed by atoms with E-state index in [0.29, 0.717) is 36.8 Å². The fraction of sp³-hybridized carbons (Fsp3) is 0.176. The first-order valence-corrected chi connectivity index (χ1v) is 9.04. The summed E-state index contributed by atoms with van der Waals surface area (Å²) < 4.78 is 15.0. The average molecular weight is 381 g/mol. The molecule has 0 aliphatic carbocycles. The molecule has 4 aromatic rings. The summed E-state index contributed by atoms with van der Waals surface area (Å²) >= 11 is 1.43. The molecular formula is C17H12FN7OS. The molecule has 4 heterocycles. The average Bonchev–Trinajstić information content (AvgIpc) is 3.31. The van der Waals surface area contributed by atoms with Crippen LogP contribution in [0.2, 0.25) is 0 Å². The van der Waals surface area contributed by atoms with Gasteiger partial charge in [-0.25, -0.2) is 19.3 Å². The van der Waals surface area contributed by atoms with Crippen LogP contribution >= 0.6 is 11.3 Å². The highest BCUT2D eigenvalue weighted by Crippen LogP contribution is 2.29. The smallest absolute Gasteiger partial charge is 0.254 e. The summed E-state index contributed by atoms with van der Waals surface area (Å²) in [6, 6.07) is 5.55. The van der Waals surface area contributed by atoms with Crippen molar-refractivity contribution in [2.45, 2.75) is 13.1 Å². The third-order valence-electron chi connectivity index (χ3n) is 4.40. The Morgan fingerprint density at radius 3 is 2.81 bits per heavy atom. The zero-order chi connectivity index (χ0) is 18.4. The van der Waals surface area contributed by atoms with Crippen molar-refractivity contribution in [3.05, 3.63) is 54.0 Å². The van der Waals surface area contributed by atoms with Crippen molar-refractivity contribution >= 4 is 27.6 Å². The van der Waals surface area contributed by atoms with Gasteiger partial charge in [0.1, 0.15) is 22.5 Å². The second-order valence-electron chi connectivity index (χ2n) is 6.06. The summed E-state index contributed by atoms with van der Waals surface area (Å²) in [4.78, 5) is 27.8. The third kappa shape index (κ3) is 2.74. The number of hydrogen-bond acceptors (Lipinski definition) is 7. The van der Waals surface area contributed by atoms with Gasteiger partial charge in [0.25, 0.3) is 5.91 Å². The maximum atomic E-state index is 13.1. The number of halogens is 1. The molecule has 10 heteroatoms. The molecule has 0 atom stereocenters. The molecule has 134 valence electrons. The Bertz CT molecular complexity index is 1120. The van der Waals surface area contributed by atoms with E-state index in [0.717, 1.165) is 15.4 Å². The predicted octanol–water partition coefficient (Wildman–Crippen LogP) is 2.14. The molecule has 0 radical (unpaired) electrons. The highest BCUT2D eigenvalue weighted by atomic mass is 32.1. The predicted molar refractivity (Wildman–Crippen MR) is 95.4 cm³/mol. The Morgan fingerprint density at radius 1 is 1.15 bits per heavy atom. The summed E-state index contributed by atoms with van der Waals surface area (Å²) in [6.07, 6.45) is 3.15. The Balaban J connectivity index is 1.43. The number of benzene rings is 1. The number of aromatic nitrogens is 6. The lowest BCUT2D eigenvalue weighted by Gasteiger charge is -2.27. The van der Waals surface area contributed by atoms with Crippen LogP contribution in [0.4, 0.5) is 4.39 Å². The number of carbonyl (C=O) groups excluding carboxylic acids is 1. The van der Waals surface area contributed by atoms with E-state index in [-0.39, 0.29) is 11.7 Å². The van der Waals surface area contributed by atoms with Gasteiger partial charge in [-0.05, 0) is 24.3 Å². The number of rotatable bonds is 2. The summed E-state index contributed by atoms with van der Waals surface area (Å²) in [7, 11) is 0. The molecule has 3 aromatic heterocycles. The van der Waals surface area contributed by atoms with Crippen molar-refractivity contribution in [1.82, 2.24) is 34.6 Å². The van der Waals surface area contributed by atoms with E-state index in [9.17, 15) is 9.18 Å². The standard InChI is InChI=1S/C17H12FN7OS/c18-11-3-1-10(2-4-11)17(26)24-5-6-25-13(8-24)22-23-14(25)16-21-12-7-19-9-20-15(12)27-16/h1-4,7,9H,5-6,8H2. The lowest BCUT2D eigenvalue weighted by Crippen LogP contribution is -2.38. The van der Waals surface area contributed by atoms with Crippen molar-refractivity contribution in [3.63, 3.8) is 0 Å². The number of thiazole rings is 1. The zero-order valence-corrected chi connectivity index (χ0v) is 14.7. The van der Waals surface area contributed by atoms with E-state index in [1.54, 1.807) is 11.1 Å². The van der Waals surface area contributed by atoms with Gasteiger partial charge in [0, 0.05) is 18.7 Å². The van der Waals surface area contributed by atoms with Gasteiger partial charge in [0.15, 0.2) is 16.7 Å². The maximum Gasteiger partial charge on any atom is 0.254 e. The lowest BCUT2D eigenvalue weighted by molar-refractivity contribution is 0.0708. The van der Waals surface area contributed by atoms with E-state index in [1.165, 1.54) is 41.9 Å². The third-order valence-corrected chi connectivity index (χ3v) is 5.37. The Hall–Kier alpha value is -3.27. The van der Waals surface area contributed by atoms with E-state index in [1.807, 2.05) is 4.57 Å².